The molecule has 2 heteroatoms. The van der Waals surface area contributed by atoms with Gasteiger partial charge in [0.05, 0.1) is 0 Å². The van der Waals surface area contributed by atoms with E-state index >= 15 is 0 Å². The predicted octanol–water partition coefficient (Wildman–Crippen LogP) is 4.54. The first kappa shape index (κ1) is 13.7. The van der Waals surface area contributed by atoms with Crippen molar-refractivity contribution in [3.8, 4) is 11.1 Å². The molecule has 2 nitrogen and oxygen atoms in total. The monoisotopic (exact) mass is 278 g/mol. The Kier molecular flexibility index (Phi) is 3.46. The largest absolute Gasteiger partial charge is 0.359 e. The Labute approximate surface area is 127 Å². The summed E-state index contributed by atoms with van der Waals surface area (Å²) in [7, 11) is 2.11. The standard InChI is InChI=1S/C19H22N2/c1-14-8-5-6-9-17(14)18-10-7-11-19(15(18)2)21-13-12-20(4)16(21)3/h5-13,16H,1-4H3/t16-/m0/s1. The fourth-order valence-corrected chi connectivity index (χ4v) is 2.97. The fourth-order valence-electron chi connectivity index (χ4n) is 2.97. The summed E-state index contributed by atoms with van der Waals surface area (Å²) >= 11 is 0. The number of hydrogen-bond donors (Lipinski definition) is 0. The molecule has 0 bridgehead atoms. The molecule has 0 unspecified atom stereocenters. The first-order chi connectivity index (χ1) is 10.1. The Morgan fingerprint density at radius 1 is 0.857 bits per heavy atom. The molecule has 108 valence electrons. The highest BCUT2D eigenvalue weighted by atomic mass is 15.4. The third-order valence-corrected chi connectivity index (χ3v) is 4.47. The first-order valence-electron chi connectivity index (χ1n) is 7.44. The summed E-state index contributed by atoms with van der Waals surface area (Å²) in [5, 5.41) is 0. The quantitative estimate of drug-likeness (QED) is 0.795. The average Bonchev–Trinajstić information content (AvgIpc) is 2.80. The molecule has 0 saturated heterocycles. The molecule has 0 spiro atoms. The van der Waals surface area contributed by atoms with Crippen LogP contribution < -0.4 is 4.90 Å². The Hall–Kier alpha value is -2.22. The minimum Gasteiger partial charge on any atom is -0.359 e. The third-order valence-electron chi connectivity index (χ3n) is 4.47. The fraction of sp³-hybridized carbons (Fsp3) is 0.263. The van der Waals surface area contributed by atoms with Crippen LogP contribution in [-0.4, -0.2) is 18.1 Å². The summed E-state index contributed by atoms with van der Waals surface area (Å²) in [6, 6.07) is 15.2. The highest BCUT2D eigenvalue weighted by Gasteiger charge is 2.22. The normalized spacial score (nSPS) is 17.6. The van der Waals surface area contributed by atoms with E-state index in [4.69, 9.17) is 0 Å². The lowest BCUT2D eigenvalue weighted by Gasteiger charge is -2.29. The summed E-state index contributed by atoms with van der Waals surface area (Å²) in [5.74, 6) is 0. The van der Waals surface area contributed by atoms with E-state index in [1.54, 1.807) is 0 Å². The molecule has 1 heterocycles. The van der Waals surface area contributed by atoms with E-state index in [9.17, 15) is 0 Å². The van der Waals surface area contributed by atoms with Crippen molar-refractivity contribution in [2.75, 3.05) is 11.9 Å². The molecular weight excluding hydrogens is 256 g/mol. The molecule has 21 heavy (non-hydrogen) atoms. The summed E-state index contributed by atoms with van der Waals surface area (Å²) in [6.07, 6.45) is 4.65. The second-order valence-electron chi connectivity index (χ2n) is 5.77. The van der Waals surface area contributed by atoms with Gasteiger partial charge in [-0.1, -0.05) is 36.4 Å². The maximum absolute atomic E-state index is 2.33. The van der Waals surface area contributed by atoms with E-state index < -0.39 is 0 Å². The number of benzene rings is 2. The van der Waals surface area contributed by atoms with E-state index in [1.165, 1.54) is 27.9 Å². The smallest absolute Gasteiger partial charge is 0.102 e. The number of hydrogen-bond acceptors (Lipinski definition) is 2. The molecule has 0 saturated carbocycles. The molecule has 0 N–H and O–H groups in total. The summed E-state index contributed by atoms with van der Waals surface area (Å²) < 4.78 is 0. The molecule has 1 atom stereocenters. The topological polar surface area (TPSA) is 6.48 Å². The summed E-state index contributed by atoms with van der Waals surface area (Å²) in [5.41, 5.74) is 6.57. The minimum absolute atomic E-state index is 0.357. The van der Waals surface area contributed by atoms with Crippen LogP contribution in [-0.2, 0) is 0 Å². The van der Waals surface area contributed by atoms with Crippen LogP contribution in [0.4, 0.5) is 5.69 Å². The van der Waals surface area contributed by atoms with E-state index in [2.05, 4.69) is 92.5 Å². The molecule has 1 aliphatic rings. The zero-order valence-electron chi connectivity index (χ0n) is 13.2. The zero-order chi connectivity index (χ0) is 15.0. The maximum atomic E-state index is 2.33. The van der Waals surface area contributed by atoms with Crippen LogP contribution in [0, 0.1) is 13.8 Å². The van der Waals surface area contributed by atoms with Crippen molar-refractivity contribution in [2.45, 2.75) is 26.9 Å². The van der Waals surface area contributed by atoms with Crippen molar-refractivity contribution in [3.05, 3.63) is 66.0 Å². The first-order valence-corrected chi connectivity index (χ1v) is 7.44. The number of rotatable bonds is 2. The highest BCUT2D eigenvalue weighted by Crippen LogP contribution is 2.34. The molecule has 0 aromatic heterocycles. The van der Waals surface area contributed by atoms with Gasteiger partial charge in [-0.15, -0.1) is 0 Å². The maximum Gasteiger partial charge on any atom is 0.102 e. The summed E-state index contributed by atoms with van der Waals surface area (Å²) in [6.45, 7) is 6.61. The van der Waals surface area contributed by atoms with Gasteiger partial charge >= 0.3 is 0 Å². The van der Waals surface area contributed by atoms with Gasteiger partial charge in [-0.25, -0.2) is 0 Å². The lowest BCUT2D eigenvalue weighted by atomic mass is 9.95. The van der Waals surface area contributed by atoms with Crippen molar-refractivity contribution < 1.29 is 0 Å². The summed E-state index contributed by atoms with van der Waals surface area (Å²) in [4.78, 5) is 4.55. The Morgan fingerprint density at radius 2 is 1.57 bits per heavy atom. The van der Waals surface area contributed by atoms with Gasteiger partial charge in [0.25, 0.3) is 0 Å². The van der Waals surface area contributed by atoms with E-state index in [0.717, 1.165) is 0 Å². The lowest BCUT2D eigenvalue weighted by molar-refractivity contribution is 0.383. The molecular formula is C19H22N2. The van der Waals surface area contributed by atoms with Crippen LogP contribution in [0.3, 0.4) is 0 Å². The highest BCUT2D eigenvalue weighted by molar-refractivity contribution is 5.76. The van der Waals surface area contributed by atoms with E-state index in [-0.39, 0.29) is 0 Å². The van der Waals surface area contributed by atoms with Crippen LogP contribution in [0.1, 0.15) is 18.1 Å². The molecule has 3 rings (SSSR count). The van der Waals surface area contributed by atoms with Gasteiger partial charge in [-0.05, 0) is 49.1 Å². The van der Waals surface area contributed by atoms with Crippen molar-refractivity contribution in [3.63, 3.8) is 0 Å². The minimum atomic E-state index is 0.357. The van der Waals surface area contributed by atoms with Crippen LogP contribution in [0.25, 0.3) is 11.1 Å². The van der Waals surface area contributed by atoms with Crippen molar-refractivity contribution in [1.29, 1.82) is 0 Å². The van der Waals surface area contributed by atoms with E-state index in [1.807, 2.05) is 0 Å². The zero-order valence-corrected chi connectivity index (χ0v) is 13.2. The Morgan fingerprint density at radius 3 is 2.24 bits per heavy atom. The molecule has 2 aromatic carbocycles. The van der Waals surface area contributed by atoms with Crippen molar-refractivity contribution >= 4 is 5.69 Å². The Bertz CT molecular complexity index is 688. The van der Waals surface area contributed by atoms with Crippen molar-refractivity contribution in [1.82, 2.24) is 4.90 Å². The van der Waals surface area contributed by atoms with Crippen LogP contribution >= 0.6 is 0 Å². The van der Waals surface area contributed by atoms with Gasteiger partial charge in [0.1, 0.15) is 6.17 Å². The van der Waals surface area contributed by atoms with Gasteiger partial charge in [-0.3, -0.25) is 0 Å². The number of aryl methyl sites for hydroxylation is 1. The van der Waals surface area contributed by atoms with Gasteiger partial charge in [0.15, 0.2) is 0 Å². The number of nitrogens with zero attached hydrogens (tertiary/aromatic N) is 2. The predicted molar refractivity (Wildman–Crippen MR) is 90.2 cm³/mol. The SMILES string of the molecule is Cc1ccccc1-c1cccc(N2C=CN(C)[C@@H]2C)c1C. The molecule has 0 radical (unpaired) electrons. The number of anilines is 1. The second kappa shape index (κ2) is 5.28. The van der Waals surface area contributed by atoms with E-state index in [0.29, 0.717) is 6.17 Å². The molecule has 2 aromatic rings. The van der Waals surface area contributed by atoms with Gasteiger partial charge in [-0.2, -0.15) is 0 Å². The molecule has 0 amide bonds. The van der Waals surface area contributed by atoms with Gasteiger partial charge in [0.2, 0.25) is 0 Å². The van der Waals surface area contributed by atoms with Crippen LogP contribution in [0.15, 0.2) is 54.9 Å². The third kappa shape index (κ3) is 2.31. The van der Waals surface area contributed by atoms with Crippen LogP contribution in [0.5, 0.6) is 0 Å². The van der Waals surface area contributed by atoms with Crippen LogP contribution in [0.2, 0.25) is 0 Å². The molecule has 1 aliphatic heterocycles. The van der Waals surface area contributed by atoms with Crippen molar-refractivity contribution in [2.24, 2.45) is 0 Å². The Balaban J connectivity index is 2.08. The molecule has 0 fully saturated rings. The van der Waals surface area contributed by atoms with Gasteiger partial charge < -0.3 is 9.80 Å². The lowest BCUT2D eigenvalue weighted by Crippen LogP contribution is -2.33. The molecule has 0 aliphatic carbocycles. The average molecular weight is 278 g/mol. The van der Waals surface area contributed by atoms with Gasteiger partial charge in [0, 0.05) is 25.1 Å². The second-order valence-corrected chi connectivity index (χ2v) is 5.77.